The molecule has 0 fully saturated rings. The Morgan fingerprint density at radius 1 is 1.14 bits per heavy atom. The molecule has 0 radical (unpaired) electrons. The summed E-state index contributed by atoms with van der Waals surface area (Å²) in [5.41, 5.74) is 2.22. The molecule has 0 amide bonds. The molecule has 0 N–H and O–H groups in total. The van der Waals surface area contributed by atoms with Gasteiger partial charge in [-0.25, -0.2) is 9.78 Å². The highest BCUT2D eigenvalue weighted by Gasteiger charge is 2.12. The molecular weight excluding hydrogens is 332 g/mol. The molecule has 3 heterocycles. The van der Waals surface area contributed by atoms with Crippen molar-refractivity contribution in [3.05, 3.63) is 69.8 Å². The number of fused-ring (bicyclic) bond motifs is 2. The van der Waals surface area contributed by atoms with Crippen LogP contribution in [0.3, 0.4) is 0 Å². The number of hydrogen-bond acceptors (Lipinski definition) is 3. The van der Waals surface area contributed by atoms with E-state index in [9.17, 15) is 4.79 Å². The molecule has 0 aliphatic carbocycles. The highest BCUT2D eigenvalue weighted by atomic mass is 79.9. The van der Waals surface area contributed by atoms with Gasteiger partial charge in [-0.15, -0.1) is 0 Å². The first-order valence-corrected chi connectivity index (χ1v) is 7.17. The van der Waals surface area contributed by atoms with Gasteiger partial charge in [0.05, 0.1) is 17.5 Å². The summed E-state index contributed by atoms with van der Waals surface area (Å²) in [4.78, 5) is 16.5. The van der Waals surface area contributed by atoms with Crippen molar-refractivity contribution in [2.45, 2.75) is 0 Å². The molecular formula is C16H9BrN2O2. The Hall–Kier alpha value is -2.40. The van der Waals surface area contributed by atoms with Crippen LogP contribution >= 0.6 is 15.9 Å². The van der Waals surface area contributed by atoms with Gasteiger partial charge in [-0.05, 0) is 36.4 Å². The van der Waals surface area contributed by atoms with Crippen molar-refractivity contribution in [1.29, 1.82) is 0 Å². The molecule has 21 heavy (non-hydrogen) atoms. The van der Waals surface area contributed by atoms with E-state index in [4.69, 9.17) is 4.42 Å². The molecule has 4 aromatic rings. The maximum absolute atomic E-state index is 12.2. The minimum Gasteiger partial charge on any atom is -0.422 e. The van der Waals surface area contributed by atoms with Gasteiger partial charge in [0.15, 0.2) is 0 Å². The fourth-order valence-electron chi connectivity index (χ4n) is 2.40. The molecule has 0 unspecified atom stereocenters. The number of rotatable bonds is 1. The minimum atomic E-state index is -0.365. The predicted molar refractivity (Wildman–Crippen MR) is 84.4 cm³/mol. The van der Waals surface area contributed by atoms with Gasteiger partial charge in [0.2, 0.25) is 0 Å². The molecule has 0 spiro atoms. The lowest BCUT2D eigenvalue weighted by Gasteiger charge is -2.03. The molecule has 0 bridgehead atoms. The van der Waals surface area contributed by atoms with E-state index in [1.807, 2.05) is 47.0 Å². The Balaban J connectivity index is 2.05. The Labute approximate surface area is 127 Å². The lowest BCUT2D eigenvalue weighted by atomic mass is 10.1. The summed E-state index contributed by atoms with van der Waals surface area (Å²) in [6.45, 7) is 0. The summed E-state index contributed by atoms with van der Waals surface area (Å²) in [6.07, 6.45) is 3.56. The quantitative estimate of drug-likeness (QED) is 0.494. The van der Waals surface area contributed by atoms with Gasteiger partial charge >= 0.3 is 5.63 Å². The molecule has 4 nitrogen and oxygen atoms in total. The van der Waals surface area contributed by atoms with E-state index in [1.165, 1.54) is 0 Å². The van der Waals surface area contributed by atoms with Crippen LogP contribution in [0.2, 0.25) is 0 Å². The van der Waals surface area contributed by atoms with Crippen LogP contribution in [0.4, 0.5) is 0 Å². The van der Waals surface area contributed by atoms with Crippen molar-refractivity contribution >= 4 is 32.5 Å². The Morgan fingerprint density at radius 2 is 2.05 bits per heavy atom. The van der Waals surface area contributed by atoms with E-state index in [-0.39, 0.29) is 5.63 Å². The summed E-state index contributed by atoms with van der Waals surface area (Å²) in [6, 6.07) is 13.1. The number of aromatic nitrogens is 2. The second kappa shape index (κ2) is 4.56. The van der Waals surface area contributed by atoms with E-state index >= 15 is 0 Å². The molecule has 0 atom stereocenters. The van der Waals surface area contributed by atoms with Crippen LogP contribution in [0, 0.1) is 0 Å². The van der Waals surface area contributed by atoms with E-state index in [0.717, 1.165) is 21.2 Å². The van der Waals surface area contributed by atoms with Crippen LogP contribution < -0.4 is 5.63 Å². The molecule has 4 rings (SSSR count). The second-order valence-corrected chi connectivity index (χ2v) is 5.62. The van der Waals surface area contributed by atoms with Crippen molar-refractivity contribution in [1.82, 2.24) is 9.38 Å². The standard InChI is InChI=1S/C16H9BrN2O2/c17-11-4-5-14-10(7-11)8-12(16(20)21-14)13-9-18-15-3-1-2-6-19(13)15/h1-9H. The zero-order valence-corrected chi connectivity index (χ0v) is 12.4. The predicted octanol–water partition coefficient (Wildman–Crippen LogP) is 3.87. The minimum absolute atomic E-state index is 0.365. The third-order valence-electron chi connectivity index (χ3n) is 3.39. The fourth-order valence-corrected chi connectivity index (χ4v) is 2.78. The van der Waals surface area contributed by atoms with Gasteiger partial charge in [0, 0.05) is 16.1 Å². The summed E-state index contributed by atoms with van der Waals surface area (Å²) >= 11 is 3.43. The Kier molecular flexibility index (Phi) is 2.68. The maximum atomic E-state index is 12.2. The lowest BCUT2D eigenvalue weighted by Crippen LogP contribution is -2.04. The van der Waals surface area contributed by atoms with Crippen LogP contribution in [-0.2, 0) is 0 Å². The number of halogens is 1. The number of benzene rings is 1. The first kappa shape index (κ1) is 12.3. The zero-order chi connectivity index (χ0) is 14.4. The van der Waals surface area contributed by atoms with Crippen LogP contribution in [0.15, 0.2) is 68.5 Å². The summed E-state index contributed by atoms with van der Waals surface area (Å²) in [7, 11) is 0. The number of imidazole rings is 1. The molecule has 102 valence electrons. The first-order valence-electron chi connectivity index (χ1n) is 6.38. The van der Waals surface area contributed by atoms with E-state index in [1.54, 1.807) is 12.3 Å². The van der Waals surface area contributed by atoms with Gasteiger partial charge in [0.1, 0.15) is 11.2 Å². The van der Waals surface area contributed by atoms with Gasteiger partial charge in [-0.3, -0.25) is 4.40 Å². The van der Waals surface area contributed by atoms with Crippen LogP contribution in [-0.4, -0.2) is 9.38 Å². The third kappa shape index (κ3) is 1.97. The molecule has 0 aliphatic heterocycles. The van der Waals surface area contributed by atoms with Crippen LogP contribution in [0.5, 0.6) is 0 Å². The molecule has 3 aromatic heterocycles. The van der Waals surface area contributed by atoms with Crippen molar-refractivity contribution in [3.63, 3.8) is 0 Å². The maximum Gasteiger partial charge on any atom is 0.345 e. The monoisotopic (exact) mass is 340 g/mol. The van der Waals surface area contributed by atoms with Crippen molar-refractivity contribution < 1.29 is 4.42 Å². The average molecular weight is 341 g/mol. The van der Waals surface area contributed by atoms with E-state index in [2.05, 4.69) is 20.9 Å². The van der Waals surface area contributed by atoms with Gasteiger partial charge in [0.25, 0.3) is 0 Å². The van der Waals surface area contributed by atoms with E-state index in [0.29, 0.717) is 11.1 Å². The molecule has 5 heteroatoms. The lowest BCUT2D eigenvalue weighted by molar-refractivity contribution is 0.563. The number of nitrogens with zero attached hydrogens (tertiary/aromatic N) is 2. The third-order valence-corrected chi connectivity index (χ3v) is 3.88. The largest absolute Gasteiger partial charge is 0.422 e. The number of hydrogen-bond donors (Lipinski definition) is 0. The summed E-state index contributed by atoms with van der Waals surface area (Å²) in [5, 5.41) is 0.866. The number of pyridine rings is 1. The smallest absolute Gasteiger partial charge is 0.345 e. The second-order valence-electron chi connectivity index (χ2n) is 4.70. The summed E-state index contributed by atoms with van der Waals surface area (Å²) in [5.74, 6) is 0. The van der Waals surface area contributed by atoms with Crippen molar-refractivity contribution in [3.8, 4) is 11.3 Å². The molecule has 0 saturated heterocycles. The van der Waals surface area contributed by atoms with E-state index < -0.39 is 0 Å². The fraction of sp³-hybridized carbons (Fsp3) is 0. The first-order chi connectivity index (χ1) is 10.2. The normalized spacial score (nSPS) is 11.3. The zero-order valence-electron chi connectivity index (χ0n) is 10.8. The Bertz CT molecular complexity index is 1030. The average Bonchev–Trinajstić information content (AvgIpc) is 2.91. The SMILES string of the molecule is O=c1oc2ccc(Br)cc2cc1-c1cnc2ccccn12. The molecule has 1 aromatic carbocycles. The highest BCUT2D eigenvalue weighted by Crippen LogP contribution is 2.24. The van der Waals surface area contributed by atoms with Gasteiger partial charge in [-0.1, -0.05) is 22.0 Å². The van der Waals surface area contributed by atoms with Gasteiger partial charge in [-0.2, -0.15) is 0 Å². The van der Waals surface area contributed by atoms with Crippen LogP contribution in [0.25, 0.3) is 27.9 Å². The summed E-state index contributed by atoms with van der Waals surface area (Å²) < 4.78 is 8.21. The van der Waals surface area contributed by atoms with Crippen LogP contribution in [0.1, 0.15) is 0 Å². The topological polar surface area (TPSA) is 47.5 Å². The highest BCUT2D eigenvalue weighted by molar-refractivity contribution is 9.10. The Morgan fingerprint density at radius 3 is 2.95 bits per heavy atom. The van der Waals surface area contributed by atoms with Crippen molar-refractivity contribution in [2.75, 3.05) is 0 Å². The van der Waals surface area contributed by atoms with Gasteiger partial charge < -0.3 is 4.42 Å². The molecule has 0 saturated carbocycles. The van der Waals surface area contributed by atoms with Crippen molar-refractivity contribution in [2.24, 2.45) is 0 Å². The molecule has 0 aliphatic rings.